The number of thioether (sulfide) groups is 1. The van der Waals surface area contributed by atoms with Gasteiger partial charge in [0, 0.05) is 31.4 Å². The molecule has 2 amide bonds. The number of methoxy groups -OCH3 is 1. The van der Waals surface area contributed by atoms with Crippen LogP contribution in [0.1, 0.15) is 42.0 Å². The number of carbonyl (C=O) groups is 3. The number of fused-ring (bicyclic) bond motifs is 1. The molecule has 0 fully saturated rings. The largest absolute Gasteiger partial charge is 0.467 e. The molecule has 9 nitrogen and oxygen atoms in total. The maximum absolute atomic E-state index is 13.5. The molecule has 0 saturated carbocycles. The number of carbonyl (C=O) groups excluding carboxylic acids is 3. The number of amides is 2. The van der Waals surface area contributed by atoms with E-state index in [1.807, 2.05) is 29.9 Å². The average Bonchev–Trinajstić information content (AvgIpc) is 3.17. The summed E-state index contributed by atoms with van der Waals surface area (Å²) in [6, 6.07) is 6.39. The fourth-order valence-corrected chi connectivity index (χ4v) is 4.21. The van der Waals surface area contributed by atoms with Crippen molar-refractivity contribution in [2.45, 2.75) is 39.3 Å². The highest BCUT2D eigenvalue weighted by molar-refractivity contribution is 7.98. The molecule has 3 aromatic rings. The van der Waals surface area contributed by atoms with Gasteiger partial charge >= 0.3 is 5.97 Å². The van der Waals surface area contributed by atoms with E-state index in [2.05, 4.69) is 15.6 Å². The third-order valence-electron chi connectivity index (χ3n) is 5.27. The first-order valence-electron chi connectivity index (χ1n) is 10.9. The van der Waals surface area contributed by atoms with Crippen LogP contribution in [0.3, 0.4) is 0 Å². The van der Waals surface area contributed by atoms with Gasteiger partial charge in [-0.1, -0.05) is 13.0 Å². The lowest BCUT2D eigenvalue weighted by Gasteiger charge is -2.18. The molecule has 3 rings (SSSR count). The van der Waals surface area contributed by atoms with Gasteiger partial charge in [-0.25, -0.2) is 9.78 Å². The third-order valence-corrected chi connectivity index (χ3v) is 5.91. The number of benzene rings is 1. The van der Waals surface area contributed by atoms with Crippen LogP contribution in [0.5, 0.6) is 0 Å². The summed E-state index contributed by atoms with van der Waals surface area (Å²) in [6.07, 6.45) is 6.48. The zero-order valence-corrected chi connectivity index (χ0v) is 20.6. The van der Waals surface area contributed by atoms with Crippen molar-refractivity contribution in [1.82, 2.24) is 19.9 Å². The van der Waals surface area contributed by atoms with E-state index < -0.39 is 17.9 Å². The van der Waals surface area contributed by atoms with Crippen LogP contribution in [-0.4, -0.2) is 57.5 Å². The number of rotatable bonds is 10. The molecule has 180 valence electrons. The van der Waals surface area contributed by atoms with E-state index in [-0.39, 0.29) is 5.91 Å². The molecule has 2 N–H and O–H groups in total. The van der Waals surface area contributed by atoms with Crippen LogP contribution in [0, 0.1) is 0 Å². The van der Waals surface area contributed by atoms with Crippen molar-refractivity contribution < 1.29 is 19.1 Å². The molecular formula is C24H29N5O4S. The zero-order valence-electron chi connectivity index (χ0n) is 19.8. The summed E-state index contributed by atoms with van der Waals surface area (Å²) in [7, 11) is 1.30. The van der Waals surface area contributed by atoms with Gasteiger partial charge in [0.15, 0.2) is 0 Å². The van der Waals surface area contributed by atoms with Crippen LogP contribution in [0.25, 0.3) is 11.0 Å². The highest BCUT2D eigenvalue weighted by atomic mass is 32.2. The number of hydrogen-bond acceptors (Lipinski definition) is 7. The van der Waals surface area contributed by atoms with Crippen LogP contribution in [0.15, 0.2) is 36.7 Å². The van der Waals surface area contributed by atoms with E-state index in [0.717, 1.165) is 11.4 Å². The standard InChI is InChI=1S/C24H29N5O4S/c1-5-21-27-20-12-17(26-15(2)30)11-18(22(20)29(21)14-16-7-6-9-25-13-16)23(31)28-19(8-10-34-4)24(32)33-3/h6-7,9,11-13,19H,5,8,10,14H2,1-4H3,(H,26,30)(H,28,31)/t19-/m1/s1. The summed E-state index contributed by atoms with van der Waals surface area (Å²) in [5.74, 6) is 0.266. The molecule has 0 aliphatic rings. The first-order chi connectivity index (χ1) is 16.4. The third kappa shape index (κ3) is 5.93. The Kier molecular flexibility index (Phi) is 8.64. The first kappa shape index (κ1) is 25.2. The minimum atomic E-state index is -0.787. The summed E-state index contributed by atoms with van der Waals surface area (Å²) < 4.78 is 6.87. The second-order valence-corrected chi connectivity index (χ2v) is 8.72. The molecule has 1 atom stereocenters. The fraction of sp³-hybridized carbons (Fsp3) is 0.375. The van der Waals surface area contributed by atoms with Crippen molar-refractivity contribution >= 4 is 46.3 Å². The number of aryl methyl sites for hydroxylation is 1. The van der Waals surface area contributed by atoms with Crippen molar-refractivity contribution in [3.05, 3.63) is 53.6 Å². The first-order valence-corrected chi connectivity index (χ1v) is 12.3. The maximum Gasteiger partial charge on any atom is 0.328 e. The van der Waals surface area contributed by atoms with E-state index in [9.17, 15) is 14.4 Å². The molecule has 0 unspecified atom stereocenters. The van der Waals surface area contributed by atoms with Gasteiger partial charge in [-0.15, -0.1) is 0 Å². The lowest BCUT2D eigenvalue weighted by Crippen LogP contribution is -2.42. The molecule has 2 heterocycles. The molecule has 0 saturated heterocycles. The number of ether oxygens (including phenoxy) is 1. The van der Waals surface area contributed by atoms with Crippen LogP contribution >= 0.6 is 11.8 Å². The Morgan fingerprint density at radius 2 is 2.06 bits per heavy atom. The molecule has 0 spiro atoms. The zero-order chi connectivity index (χ0) is 24.7. The molecule has 34 heavy (non-hydrogen) atoms. The Morgan fingerprint density at radius 1 is 1.26 bits per heavy atom. The van der Waals surface area contributed by atoms with Crippen LogP contribution < -0.4 is 10.6 Å². The fourth-order valence-electron chi connectivity index (χ4n) is 3.74. The number of anilines is 1. The lowest BCUT2D eigenvalue weighted by molar-refractivity contribution is -0.142. The summed E-state index contributed by atoms with van der Waals surface area (Å²) in [6.45, 7) is 3.86. The molecule has 0 radical (unpaired) electrons. The molecule has 0 aliphatic carbocycles. The summed E-state index contributed by atoms with van der Waals surface area (Å²) >= 11 is 1.58. The smallest absolute Gasteiger partial charge is 0.328 e. The second-order valence-electron chi connectivity index (χ2n) is 7.73. The van der Waals surface area contributed by atoms with Gasteiger partial charge in [-0.3, -0.25) is 14.6 Å². The van der Waals surface area contributed by atoms with Gasteiger partial charge in [0.2, 0.25) is 5.91 Å². The van der Waals surface area contributed by atoms with Gasteiger partial charge in [0.25, 0.3) is 5.91 Å². The molecule has 0 aliphatic heterocycles. The van der Waals surface area contributed by atoms with Gasteiger partial charge in [0.05, 0.1) is 30.3 Å². The van der Waals surface area contributed by atoms with Crippen molar-refractivity contribution in [2.75, 3.05) is 24.4 Å². The number of pyridine rings is 1. The van der Waals surface area contributed by atoms with Crippen molar-refractivity contribution in [2.24, 2.45) is 0 Å². The molecular weight excluding hydrogens is 454 g/mol. The van der Waals surface area contributed by atoms with Crippen molar-refractivity contribution in [3.63, 3.8) is 0 Å². The lowest BCUT2D eigenvalue weighted by atomic mass is 10.1. The molecule has 1 aromatic carbocycles. The van der Waals surface area contributed by atoms with Crippen LogP contribution in [0.4, 0.5) is 5.69 Å². The van der Waals surface area contributed by atoms with Gasteiger partial charge in [0.1, 0.15) is 11.9 Å². The Bertz CT molecular complexity index is 1180. The van der Waals surface area contributed by atoms with Gasteiger partial charge in [-0.2, -0.15) is 11.8 Å². The van der Waals surface area contributed by atoms with Crippen molar-refractivity contribution in [1.29, 1.82) is 0 Å². The van der Waals surface area contributed by atoms with E-state index >= 15 is 0 Å². The summed E-state index contributed by atoms with van der Waals surface area (Å²) in [5, 5.41) is 5.55. The minimum Gasteiger partial charge on any atom is -0.467 e. The number of esters is 1. The minimum absolute atomic E-state index is 0.261. The molecule has 0 bridgehead atoms. The summed E-state index contributed by atoms with van der Waals surface area (Å²) in [4.78, 5) is 46.4. The normalized spacial score (nSPS) is 11.8. The predicted molar refractivity (Wildman–Crippen MR) is 133 cm³/mol. The highest BCUT2D eigenvalue weighted by Gasteiger charge is 2.25. The van der Waals surface area contributed by atoms with Gasteiger partial charge in [-0.05, 0) is 42.2 Å². The monoisotopic (exact) mass is 483 g/mol. The van der Waals surface area contributed by atoms with E-state index in [4.69, 9.17) is 9.72 Å². The molecule has 2 aromatic heterocycles. The summed E-state index contributed by atoms with van der Waals surface area (Å²) in [5.41, 5.74) is 2.94. The topological polar surface area (TPSA) is 115 Å². The van der Waals surface area contributed by atoms with E-state index in [1.54, 1.807) is 36.3 Å². The van der Waals surface area contributed by atoms with Crippen molar-refractivity contribution in [3.8, 4) is 0 Å². The van der Waals surface area contributed by atoms with Crippen LogP contribution in [0.2, 0.25) is 0 Å². The second kappa shape index (κ2) is 11.6. The van der Waals surface area contributed by atoms with Crippen LogP contribution in [-0.2, 0) is 27.3 Å². The maximum atomic E-state index is 13.5. The number of hydrogen-bond donors (Lipinski definition) is 2. The average molecular weight is 484 g/mol. The molecule has 10 heteroatoms. The Balaban J connectivity index is 2.12. The number of nitrogens with one attached hydrogen (secondary N) is 2. The van der Waals surface area contributed by atoms with E-state index in [1.165, 1.54) is 14.0 Å². The SMILES string of the molecule is CCc1nc2cc(NC(C)=O)cc(C(=O)N[C@H](CCSC)C(=O)OC)c2n1Cc1cccnc1. The number of aromatic nitrogens is 3. The highest BCUT2D eigenvalue weighted by Crippen LogP contribution is 2.27. The van der Waals surface area contributed by atoms with E-state index in [0.29, 0.717) is 47.4 Å². The predicted octanol–water partition coefficient (Wildman–Crippen LogP) is 3.02. The quantitative estimate of drug-likeness (QED) is 0.426. The Labute approximate surface area is 202 Å². The Hall–Kier alpha value is -3.40. The number of nitrogens with zero attached hydrogens (tertiary/aromatic N) is 3. The Morgan fingerprint density at radius 3 is 2.68 bits per heavy atom. The van der Waals surface area contributed by atoms with Gasteiger partial charge < -0.3 is 19.9 Å². The number of imidazole rings is 1.